The van der Waals surface area contributed by atoms with Crippen LogP contribution in [-0.4, -0.2) is 18.0 Å². The van der Waals surface area contributed by atoms with Gasteiger partial charge in [-0.3, -0.25) is 9.59 Å². The molecule has 1 heterocycles. The van der Waals surface area contributed by atoms with Crippen molar-refractivity contribution in [3.63, 3.8) is 0 Å². The Labute approximate surface area is 112 Å². The Morgan fingerprint density at radius 1 is 1.21 bits per heavy atom. The largest absolute Gasteiger partial charge is 0.452 e. The molecular weight excluding hydrogens is 242 g/mol. The summed E-state index contributed by atoms with van der Waals surface area (Å²) in [6.07, 6.45) is 4.67. The quantitative estimate of drug-likeness (QED) is 0.828. The normalized spacial score (nSPS) is 21.7. The topological polar surface area (TPSA) is 55.4 Å². The van der Waals surface area contributed by atoms with Gasteiger partial charge in [0.1, 0.15) is 0 Å². The van der Waals surface area contributed by atoms with Gasteiger partial charge >= 0.3 is 5.97 Å². The molecule has 1 aromatic carbocycles. The predicted octanol–water partition coefficient (Wildman–Crippen LogP) is 2.21. The maximum absolute atomic E-state index is 12.1. The smallest absolute Gasteiger partial charge is 0.306 e. The van der Waals surface area contributed by atoms with E-state index in [1.165, 1.54) is 17.5 Å². The molecule has 1 saturated heterocycles. The minimum atomic E-state index is -0.619. The number of hydrogen-bond acceptors (Lipinski definition) is 3. The maximum atomic E-state index is 12.1. The lowest BCUT2D eigenvalue weighted by Crippen LogP contribution is -2.28. The Morgan fingerprint density at radius 2 is 2.05 bits per heavy atom. The molecule has 1 fully saturated rings. The molecule has 1 atom stereocenters. The molecule has 100 valence electrons. The van der Waals surface area contributed by atoms with Crippen LogP contribution in [0.4, 0.5) is 5.69 Å². The highest BCUT2D eigenvalue weighted by Crippen LogP contribution is 2.28. The van der Waals surface area contributed by atoms with E-state index < -0.39 is 6.10 Å². The van der Waals surface area contributed by atoms with Crippen molar-refractivity contribution >= 4 is 17.6 Å². The summed E-state index contributed by atoms with van der Waals surface area (Å²) in [5.74, 6) is -0.486. The lowest BCUT2D eigenvalue weighted by Gasteiger charge is -2.20. The summed E-state index contributed by atoms with van der Waals surface area (Å²) in [5, 5.41) is 2.92. The lowest BCUT2D eigenvalue weighted by atomic mass is 9.90. The summed E-state index contributed by atoms with van der Waals surface area (Å²) in [7, 11) is 0. The van der Waals surface area contributed by atoms with Crippen LogP contribution in [0.3, 0.4) is 0 Å². The molecule has 1 aromatic rings. The molecule has 1 N–H and O–H groups in total. The Hall–Kier alpha value is -1.84. The van der Waals surface area contributed by atoms with E-state index in [0.29, 0.717) is 12.8 Å². The first kappa shape index (κ1) is 12.2. The van der Waals surface area contributed by atoms with Gasteiger partial charge in [0.15, 0.2) is 6.10 Å². The van der Waals surface area contributed by atoms with Crippen molar-refractivity contribution in [3.05, 3.63) is 29.3 Å². The second-order valence-electron chi connectivity index (χ2n) is 5.16. The molecule has 1 unspecified atom stereocenters. The van der Waals surface area contributed by atoms with Crippen molar-refractivity contribution in [3.8, 4) is 0 Å². The van der Waals surface area contributed by atoms with Gasteiger partial charge in [-0.15, -0.1) is 0 Å². The average molecular weight is 259 g/mol. The third-order valence-corrected chi connectivity index (χ3v) is 3.83. The molecule has 1 aliphatic carbocycles. The van der Waals surface area contributed by atoms with Crippen LogP contribution in [-0.2, 0) is 27.2 Å². The number of carbonyl (C=O) groups is 2. The number of nitrogens with one attached hydrogen (secondary N) is 1. The number of anilines is 1. The zero-order valence-electron chi connectivity index (χ0n) is 10.8. The molecule has 0 bridgehead atoms. The standard InChI is InChI=1S/C15H17NO3/c17-14-9-8-13(19-14)15(18)16-12-7-3-5-10-4-1-2-6-11(10)12/h3,5,7,13H,1-2,4,6,8-9H2,(H,16,18). The lowest BCUT2D eigenvalue weighted by molar-refractivity contribution is -0.146. The van der Waals surface area contributed by atoms with E-state index in [-0.39, 0.29) is 11.9 Å². The number of fused-ring (bicyclic) bond motifs is 1. The first-order valence-corrected chi connectivity index (χ1v) is 6.85. The Kier molecular flexibility index (Phi) is 3.23. The number of esters is 1. The average Bonchev–Trinajstić information content (AvgIpc) is 2.86. The fraction of sp³-hybridized carbons (Fsp3) is 0.467. The van der Waals surface area contributed by atoms with E-state index in [1.54, 1.807) is 0 Å². The molecule has 0 aromatic heterocycles. The van der Waals surface area contributed by atoms with Crippen LogP contribution in [0.1, 0.15) is 36.8 Å². The van der Waals surface area contributed by atoms with E-state index in [2.05, 4.69) is 11.4 Å². The maximum Gasteiger partial charge on any atom is 0.306 e. The fourth-order valence-electron chi connectivity index (χ4n) is 2.82. The number of hydrogen-bond donors (Lipinski definition) is 1. The molecule has 19 heavy (non-hydrogen) atoms. The van der Waals surface area contributed by atoms with E-state index in [1.807, 2.05) is 12.1 Å². The van der Waals surface area contributed by atoms with Gasteiger partial charge in [-0.05, 0) is 42.9 Å². The van der Waals surface area contributed by atoms with Crippen LogP contribution >= 0.6 is 0 Å². The zero-order chi connectivity index (χ0) is 13.2. The van der Waals surface area contributed by atoms with Crippen LogP contribution in [0.2, 0.25) is 0 Å². The van der Waals surface area contributed by atoms with E-state index in [4.69, 9.17) is 4.74 Å². The molecule has 4 heteroatoms. The highest BCUT2D eigenvalue weighted by molar-refractivity contribution is 5.97. The van der Waals surface area contributed by atoms with Crippen molar-refractivity contribution in [1.82, 2.24) is 0 Å². The van der Waals surface area contributed by atoms with Gasteiger partial charge in [-0.25, -0.2) is 0 Å². The Bertz CT molecular complexity index is 524. The highest BCUT2D eigenvalue weighted by atomic mass is 16.6. The van der Waals surface area contributed by atoms with Gasteiger partial charge in [0.25, 0.3) is 5.91 Å². The van der Waals surface area contributed by atoms with Crippen LogP contribution in [0, 0.1) is 0 Å². The first-order chi connectivity index (χ1) is 9.24. The van der Waals surface area contributed by atoms with Gasteiger partial charge < -0.3 is 10.1 Å². The van der Waals surface area contributed by atoms with Crippen molar-refractivity contribution in [2.24, 2.45) is 0 Å². The van der Waals surface area contributed by atoms with Crippen LogP contribution in [0.25, 0.3) is 0 Å². The number of cyclic esters (lactones) is 1. The third kappa shape index (κ3) is 2.48. The number of amides is 1. The minimum Gasteiger partial charge on any atom is -0.452 e. The Balaban J connectivity index is 1.76. The fourth-order valence-corrected chi connectivity index (χ4v) is 2.82. The molecule has 1 aliphatic heterocycles. The van der Waals surface area contributed by atoms with Crippen molar-refractivity contribution < 1.29 is 14.3 Å². The van der Waals surface area contributed by atoms with Crippen LogP contribution in [0.5, 0.6) is 0 Å². The number of benzene rings is 1. The summed E-state index contributed by atoms with van der Waals surface area (Å²) in [6, 6.07) is 6.03. The monoisotopic (exact) mass is 259 g/mol. The minimum absolute atomic E-state index is 0.204. The Morgan fingerprint density at radius 3 is 2.84 bits per heavy atom. The van der Waals surface area contributed by atoms with Gasteiger partial charge in [0.2, 0.25) is 0 Å². The van der Waals surface area contributed by atoms with Crippen molar-refractivity contribution in [1.29, 1.82) is 0 Å². The van der Waals surface area contributed by atoms with Gasteiger partial charge in [-0.1, -0.05) is 12.1 Å². The van der Waals surface area contributed by atoms with Crippen LogP contribution < -0.4 is 5.32 Å². The highest BCUT2D eigenvalue weighted by Gasteiger charge is 2.30. The second-order valence-corrected chi connectivity index (χ2v) is 5.16. The number of rotatable bonds is 2. The molecule has 3 rings (SSSR count). The molecule has 0 saturated carbocycles. The van der Waals surface area contributed by atoms with E-state index in [9.17, 15) is 9.59 Å². The van der Waals surface area contributed by atoms with E-state index >= 15 is 0 Å². The third-order valence-electron chi connectivity index (χ3n) is 3.83. The summed E-state index contributed by atoms with van der Waals surface area (Å²) in [5.41, 5.74) is 3.45. The summed E-state index contributed by atoms with van der Waals surface area (Å²) in [6.45, 7) is 0. The summed E-state index contributed by atoms with van der Waals surface area (Å²) in [4.78, 5) is 23.1. The zero-order valence-corrected chi connectivity index (χ0v) is 10.8. The van der Waals surface area contributed by atoms with Gasteiger partial charge in [-0.2, -0.15) is 0 Å². The van der Waals surface area contributed by atoms with Gasteiger partial charge in [0, 0.05) is 18.5 Å². The molecule has 2 aliphatic rings. The summed E-state index contributed by atoms with van der Waals surface area (Å²) >= 11 is 0. The molecule has 0 radical (unpaired) electrons. The van der Waals surface area contributed by atoms with Crippen molar-refractivity contribution in [2.45, 2.75) is 44.6 Å². The molecule has 1 amide bonds. The van der Waals surface area contributed by atoms with E-state index in [0.717, 1.165) is 24.9 Å². The number of aryl methyl sites for hydroxylation is 1. The molecular formula is C15H17NO3. The predicted molar refractivity (Wildman–Crippen MR) is 70.8 cm³/mol. The number of carbonyl (C=O) groups excluding carboxylic acids is 2. The van der Waals surface area contributed by atoms with Crippen LogP contribution in [0.15, 0.2) is 18.2 Å². The van der Waals surface area contributed by atoms with Crippen molar-refractivity contribution in [2.75, 3.05) is 5.32 Å². The van der Waals surface area contributed by atoms with Gasteiger partial charge in [0.05, 0.1) is 0 Å². The SMILES string of the molecule is O=C1CCC(C(=O)Nc2cccc3c2CCCC3)O1. The molecule has 4 nitrogen and oxygen atoms in total. The first-order valence-electron chi connectivity index (χ1n) is 6.85. The number of ether oxygens (including phenoxy) is 1. The second kappa shape index (κ2) is 5.03. The summed E-state index contributed by atoms with van der Waals surface area (Å²) < 4.78 is 4.99. The molecule has 0 spiro atoms.